The van der Waals surface area contributed by atoms with Crippen molar-refractivity contribution in [1.29, 1.82) is 5.26 Å². The lowest BCUT2D eigenvalue weighted by molar-refractivity contribution is -0.689. The van der Waals surface area contributed by atoms with Crippen LogP contribution in [0.1, 0.15) is 66.4 Å². The van der Waals surface area contributed by atoms with E-state index in [4.69, 9.17) is 19.7 Å². The van der Waals surface area contributed by atoms with E-state index < -0.39 is 40.7 Å². The first-order valence-corrected chi connectivity index (χ1v) is 17.7. The van der Waals surface area contributed by atoms with E-state index in [0.717, 1.165) is 40.5 Å². The van der Waals surface area contributed by atoms with Crippen LogP contribution in [0.5, 0.6) is 5.75 Å². The van der Waals surface area contributed by atoms with Crippen LogP contribution in [-0.2, 0) is 33.0 Å². The monoisotopic (exact) mass is 743 g/mol. The SMILES string of the molecule is Cc1cc(C[n+]2cnn(C[C@](O)(c3cc(F)ccc3F)[C@@H](C)c3nc(-c4ccc(C#N)cc4)cs3)c2)cc(C)c1OC(=O)CNCC(=O)OC(C)(C)C. The molecule has 0 bridgehead atoms. The Kier molecular flexibility index (Phi) is 11.8. The third kappa shape index (κ3) is 9.75. The Hall–Kier alpha value is -5.36. The quantitative estimate of drug-likeness (QED) is 0.0891. The molecule has 2 aromatic heterocycles. The van der Waals surface area contributed by atoms with Crippen LogP contribution in [0.15, 0.2) is 72.6 Å². The number of nitrogens with one attached hydrogen (secondary N) is 1. The molecule has 0 aliphatic carbocycles. The number of carbonyl (C=O) groups excluding carboxylic acids is 2. The Morgan fingerprint density at radius 1 is 1.06 bits per heavy atom. The number of nitrogens with zero attached hydrogens (tertiary/aromatic N) is 5. The number of esters is 2. The molecular weight excluding hydrogens is 703 g/mol. The van der Waals surface area contributed by atoms with Crippen molar-refractivity contribution in [3.05, 3.63) is 117 Å². The summed E-state index contributed by atoms with van der Waals surface area (Å²) in [4.78, 5) is 29.2. The number of nitriles is 1. The zero-order chi connectivity index (χ0) is 38.5. The summed E-state index contributed by atoms with van der Waals surface area (Å²) in [5, 5.41) is 30.9. The highest BCUT2D eigenvalue weighted by Crippen LogP contribution is 2.41. The van der Waals surface area contributed by atoms with Crippen LogP contribution in [0.2, 0.25) is 0 Å². The first-order valence-electron chi connectivity index (χ1n) is 16.8. The molecule has 0 aliphatic rings. The fourth-order valence-corrected chi connectivity index (χ4v) is 6.87. The van der Waals surface area contributed by atoms with Crippen molar-refractivity contribution in [2.24, 2.45) is 0 Å². The van der Waals surface area contributed by atoms with Crippen molar-refractivity contribution in [3.8, 4) is 23.1 Å². The van der Waals surface area contributed by atoms with Gasteiger partial charge < -0.3 is 14.6 Å². The van der Waals surface area contributed by atoms with Crippen molar-refractivity contribution < 1.29 is 37.5 Å². The highest BCUT2D eigenvalue weighted by atomic mass is 32.1. The van der Waals surface area contributed by atoms with Gasteiger partial charge in [-0.15, -0.1) is 16.0 Å². The lowest BCUT2D eigenvalue weighted by atomic mass is 9.82. The van der Waals surface area contributed by atoms with E-state index in [9.17, 15) is 19.1 Å². The van der Waals surface area contributed by atoms with Crippen LogP contribution < -0.4 is 14.6 Å². The number of halogens is 2. The maximum absolute atomic E-state index is 15.4. The van der Waals surface area contributed by atoms with Crippen molar-refractivity contribution >= 4 is 23.3 Å². The van der Waals surface area contributed by atoms with E-state index >= 15 is 4.39 Å². The number of aryl methyl sites for hydroxylation is 2. The Bertz CT molecular complexity index is 2130. The molecular formula is C39H41F2N6O5S+. The van der Waals surface area contributed by atoms with E-state index in [-0.39, 0.29) is 25.2 Å². The molecule has 3 aromatic carbocycles. The molecule has 11 nitrogen and oxygen atoms in total. The van der Waals surface area contributed by atoms with Gasteiger partial charge in [0.2, 0.25) is 6.33 Å². The summed E-state index contributed by atoms with van der Waals surface area (Å²) in [6.45, 7) is 10.5. The molecule has 2 N–H and O–H groups in total. The normalized spacial score (nSPS) is 13.2. The van der Waals surface area contributed by atoms with Gasteiger partial charge in [-0.3, -0.25) is 14.9 Å². The topological polar surface area (TPSA) is 143 Å². The largest absolute Gasteiger partial charge is 0.459 e. The minimum Gasteiger partial charge on any atom is -0.459 e. The summed E-state index contributed by atoms with van der Waals surface area (Å²) in [7, 11) is 0. The summed E-state index contributed by atoms with van der Waals surface area (Å²) in [6.07, 6.45) is 3.22. The first-order chi connectivity index (χ1) is 25.0. The molecule has 14 heteroatoms. The highest BCUT2D eigenvalue weighted by Gasteiger charge is 2.43. The number of thiazole rings is 1. The van der Waals surface area contributed by atoms with E-state index in [2.05, 4.69) is 16.5 Å². The summed E-state index contributed by atoms with van der Waals surface area (Å²) >= 11 is 1.28. The zero-order valence-corrected chi connectivity index (χ0v) is 31.1. The maximum atomic E-state index is 15.4. The number of ether oxygens (including phenoxy) is 2. The summed E-state index contributed by atoms with van der Waals surface area (Å²) in [6, 6.07) is 15.8. The molecule has 0 saturated heterocycles. The second kappa shape index (κ2) is 16.1. The molecule has 0 fully saturated rings. The Morgan fingerprint density at radius 2 is 1.74 bits per heavy atom. The molecule has 0 spiro atoms. The fourth-order valence-electron chi connectivity index (χ4n) is 5.89. The van der Waals surface area contributed by atoms with E-state index in [1.165, 1.54) is 16.0 Å². The number of carbonyl (C=O) groups is 2. The van der Waals surface area contributed by atoms with Gasteiger partial charge >= 0.3 is 11.9 Å². The minimum atomic E-state index is -1.96. The summed E-state index contributed by atoms with van der Waals surface area (Å²) < 4.78 is 44.0. The molecule has 53 heavy (non-hydrogen) atoms. The minimum absolute atomic E-state index is 0.132. The van der Waals surface area contributed by atoms with Gasteiger partial charge in [0.1, 0.15) is 35.1 Å². The summed E-state index contributed by atoms with van der Waals surface area (Å²) in [5.41, 5.74) is 1.43. The maximum Gasteiger partial charge on any atom is 0.325 e. The van der Waals surface area contributed by atoms with Crippen LogP contribution >= 0.6 is 11.3 Å². The Morgan fingerprint density at radius 3 is 2.40 bits per heavy atom. The van der Waals surface area contributed by atoms with Gasteiger partial charge in [-0.2, -0.15) is 5.26 Å². The number of benzene rings is 3. The van der Waals surface area contributed by atoms with Gasteiger partial charge in [0, 0.05) is 27.5 Å². The third-order valence-electron chi connectivity index (χ3n) is 8.41. The molecule has 5 rings (SSSR count). The van der Waals surface area contributed by atoms with Crippen LogP contribution in [0.3, 0.4) is 0 Å². The van der Waals surface area contributed by atoms with Gasteiger partial charge in [0.25, 0.3) is 6.33 Å². The molecule has 0 radical (unpaired) electrons. The molecule has 5 aromatic rings. The van der Waals surface area contributed by atoms with Gasteiger partial charge in [-0.1, -0.05) is 19.1 Å². The predicted molar refractivity (Wildman–Crippen MR) is 193 cm³/mol. The van der Waals surface area contributed by atoms with Crippen molar-refractivity contribution in [2.45, 2.75) is 71.8 Å². The lowest BCUT2D eigenvalue weighted by Crippen LogP contribution is -2.39. The molecule has 2 atom stereocenters. The average molecular weight is 744 g/mol. The van der Waals surface area contributed by atoms with Gasteiger partial charge in [-0.05, 0) is 93.8 Å². The van der Waals surface area contributed by atoms with E-state index in [1.54, 1.807) is 69.2 Å². The molecule has 2 heterocycles. The van der Waals surface area contributed by atoms with Crippen molar-refractivity contribution in [3.63, 3.8) is 0 Å². The lowest BCUT2D eigenvalue weighted by Gasteiger charge is -2.32. The molecule has 0 aliphatic heterocycles. The number of aliphatic hydroxyl groups is 1. The van der Waals surface area contributed by atoms with Crippen LogP contribution in [0.25, 0.3) is 11.3 Å². The Labute approximate surface area is 310 Å². The number of aromatic nitrogens is 4. The van der Waals surface area contributed by atoms with Gasteiger partial charge in [0.15, 0.2) is 0 Å². The predicted octanol–water partition coefficient (Wildman–Crippen LogP) is 5.64. The zero-order valence-electron chi connectivity index (χ0n) is 30.3. The van der Waals surface area contributed by atoms with Gasteiger partial charge in [-0.25, -0.2) is 18.3 Å². The third-order valence-corrected chi connectivity index (χ3v) is 9.43. The smallest absolute Gasteiger partial charge is 0.325 e. The summed E-state index contributed by atoms with van der Waals surface area (Å²) in [5.74, 6) is -2.87. The fraction of sp³-hybridized carbons (Fsp3) is 0.333. The van der Waals surface area contributed by atoms with Crippen LogP contribution in [0.4, 0.5) is 8.78 Å². The standard InChI is InChI=1S/C39H41F2N6O5S/c1-24-13-28(14-25(2)36(24)51-34(48)17-43-18-35(49)52-38(4,5)6)19-46-22-44-47(23-46)21-39(50,31-15-30(40)11-12-32(31)41)26(3)37-45-33(20-53-37)29-9-7-27(16-42)8-10-29/h7-15,20,22-23,26,43,50H,17-19,21H2,1-6H3/q+1/t26-,39+/m0/s1. The van der Waals surface area contributed by atoms with E-state index in [0.29, 0.717) is 28.6 Å². The first kappa shape index (κ1) is 38.9. The number of hydrogen-bond acceptors (Lipinski definition) is 10. The number of rotatable bonds is 13. The molecule has 0 amide bonds. The van der Waals surface area contributed by atoms with Crippen LogP contribution in [0, 0.1) is 36.8 Å². The second-order valence-corrected chi connectivity index (χ2v) is 14.8. The average Bonchev–Trinajstić information content (AvgIpc) is 3.76. The molecule has 0 saturated carbocycles. The van der Waals surface area contributed by atoms with Crippen molar-refractivity contribution in [2.75, 3.05) is 13.1 Å². The molecule has 276 valence electrons. The van der Waals surface area contributed by atoms with E-state index in [1.807, 2.05) is 31.4 Å². The van der Waals surface area contributed by atoms with Crippen LogP contribution in [-0.4, -0.2) is 50.5 Å². The second-order valence-electron chi connectivity index (χ2n) is 13.9. The molecule has 0 unspecified atom stereocenters. The van der Waals surface area contributed by atoms with Gasteiger partial charge in [0.05, 0.1) is 42.0 Å². The Balaban J connectivity index is 1.31. The van der Waals surface area contributed by atoms with Crippen molar-refractivity contribution in [1.82, 2.24) is 20.1 Å². The highest BCUT2D eigenvalue weighted by molar-refractivity contribution is 7.10. The number of hydrogen-bond donors (Lipinski definition) is 2.